The van der Waals surface area contributed by atoms with E-state index in [9.17, 15) is 4.79 Å². The van der Waals surface area contributed by atoms with Crippen LogP contribution < -0.4 is 21.3 Å². The first-order valence-electron chi connectivity index (χ1n) is 6.35. The number of nitrogens with one attached hydrogen (secondary N) is 2. The molecule has 7 heteroatoms. The summed E-state index contributed by atoms with van der Waals surface area (Å²) < 4.78 is 15.8. The molecular formula is C14H19N3O4. The predicted molar refractivity (Wildman–Crippen MR) is 78.7 cm³/mol. The smallest absolute Gasteiger partial charge is 0.333 e. The van der Waals surface area contributed by atoms with E-state index in [-0.39, 0.29) is 0 Å². The highest BCUT2D eigenvalue weighted by Crippen LogP contribution is 2.15. The van der Waals surface area contributed by atoms with Gasteiger partial charge in [-0.1, -0.05) is 5.92 Å². The van der Waals surface area contributed by atoms with Gasteiger partial charge in [0.05, 0.1) is 19.8 Å². The van der Waals surface area contributed by atoms with E-state index in [2.05, 4.69) is 11.2 Å². The van der Waals surface area contributed by atoms with Crippen molar-refractivity contribution in [2.75, 3.05) is 38.4 Å². The fourth-order valence-electron chi connectivity index (χ4n) is 1.37. The maximum atomic E-state index is 11.0. The van der Waals surface area contributed by atoms with Gasteiger partial charge in [0.2, 0.25) is 0 Å². The van der Waals surface area contributed by atoms with E-state index in [0.29, 0.717) is 44.5 Å². The van der Waals surface area contributed by atoms with Gasteiger partial charge in [-0.2, -0.15) is 0 Å². The standard InChI is InChI=1S/C14H19N3O4/c1-2-7-19-8-9-20-10-11-21-13-5-3-12(4-6-13)16-14(18)17-15/h1,3-6H,7-11,15H2,(H2,16,17,18). The Balaban J connectivity index is 2.13. The van der Waals surface area contributed by atoms with Gasteiger partial charge < -0.3 is 19.5 Å². The molecule has 21 heavy (non-hydrogen) atoms. The number of rotatable bonds is 9. The van der Waals surface area contributed by atoms with E-state index in [1.807, 2.05) is 5.43 Å². The second-order valence-electron chi connectivity index (χ2n) is 3.84. The van der Waals surface area contributed by atoms with E-state index < -0.39 is 6.03 Å². The molecule has 4 N–H and O–H groups in total. The molecule has 1 aromatic carbocycles. The van der Waals surface area contributed by atoms with Crippen molar-refractivity contribution in [2.24, 2.45) is 5.84 Å². The summed E-state index contributed by atoms with van der Waals surface area (Å²) in [4.78, 5) is 11.0. The minimum atomic E-state index is -0.482. The number of hydrazine groups is 1. The van der Waals surface area contributed by atoms with Crippen LogP contribution >= 0.6 is 0 Å². The van der Waals surface area contributed by atoms with Crippen molar-refractivity contribution in [3.05, 3.63) is 24.3 Å². The molecule has 0 aliphatic heterocycles. The Bertz CT molecular complexity index is 456. The van der Waals surface area contributed by atoms with Crippen LogP contribution in [0.25, 0.3) is 0 Å². The van der Waals surface area contributed by atoms with Gasteiger partial charge in [0.15, 0.2) is 0 Å². The quantitative estimate of drug-likeness (QED) is 0.205. The highest BCUT2D eigenvalue weighted by Gasteiger charge is 1.99. The SMILES string of the molecule is C#CCOCCOCCOc1ccc(NC(=O)NN)cc1. The third kappa shape index (κ3) is 7.79. The van der Waals surface area contributed by atoms with Crippen LogP contribution in [0.4, 0.5) is 10.5 Å². The topological polar surface area (TPSA) is 94.8 Å². The van der Waals surface area contributed by atoms with Crippen LogP contribution in [0.1, 0.15) is 0 Å². The lowest BCUT2D eigenvalue weighted by Gasteiger charge is -2.08. The molecule has 0 aliphatic carbocycles. The van der Waals surface area contributed by atoms with Crippen LogP contribution in [-0.4, -0.2) is 39.1 Å². The third-order valence-corrected chi connectivity index (χ3v) is 2.30. The molecule has 0 unspecified atom stereocenters. The lowest BCUT2D eigenvalue weighted by Crippen LogP contribution is -2.34. The molecule has 0 bridgehead atoms. The maximum Gasteiger partial charge on any atom is 0.333 e. The summed E-state index contributed by atoms with van der Waals surface area (Å²) in [6.45, 7) is 2.11. The molecule has 0 radical (unpaired) electrons. The van der Waals surface area contributed by atoms with Crippen LogP contribution in [0.15, 0.2) is 24.3 Å². The number of terminal acetylenes is 1. The zero-order valence-corrected chi connectivity index (χ0v) is 11.6. The minimum absolute atomic E-state index is 0.294. The maximum absolute atomic E-state index is 11.0. The summed E-state index contributed by atoms with van der Waals surface area (Å²) in [5, 5.41) is 2.54. The first-order chi connectivity index (χ1) is 10.3. The summed E-state index contributed by atoms with van der Waals surface area (Å²) in [5.41, 5.74) is 2.59. The van der Waals surface area contributed by atoms with Gasteiger partial charge in [-0.15, -0.1) is 6.42 Å². The second-order valence-corrected chi connectivity index (χ2v) is 3.84. The summed E-state index contributed by atoms with van der Waals surface area (Å²) in [6.07, 6.45) is 5.03. The van der Waals surface area contributed by atoms with Crippen LogP contribution in [-0.2, 0) is 9.47 Å². The normalized spacial score (nSPS) is 9.71. The fraction of sp³-hybridized carbons (Fsp3) is 0.357. The number of anilines is 1. The van der Waals surface area contributed by atoms with Gasteiger partial charge in [-0.05, 0) is 24.3 Å². The van der Waals surface area contributed by atoms with Crippen LogP contribution in [0, 0.1) is 12.3 Å². The Labute approximate surface area is 123 Å². The molecular weight excluding hydrogens is 274 g/mol. The number of nitrogens with two attached hydrogens (primary N) is 1. The van der Waals surface area contributed by atoms with Crippen molar-refractivity contribution < 1.29 is 19.0 Å². The Morgan fingerprint density at radius 2 is 1.81 bits per heavy atom. The van der Waals surface area contributed by atoms with Crippen LogP contribution in [0.3, 0.4) is 0 Å². The van der Waals surface area contributed by atoms with Crippen molar-refractivity contribution in [3.63, 3.8) is 0 Å². The molecule has 0 atom stereocenters. The molecule has 0 heterocycles. The average Bonchev–Trinajstić information content (AvgIpc) is 2.51. The first kappa shape index (κ1) is 16.8. The zero-order chi connectivity index (χ0) is 15.3. The van der Waals surface area contributed by atoms with Crippen molar-refractivity contribution in [1.82, 2.24) is 5.43 Å². The fourth-order valence-corrected chi connectivity index (χ4v) is 1.37. The van der Waals surface area contributed by atoms with E-state index in [4.69, 9.17) is 26.5 Å². The summed E-state index contributed by atoms with van der Waals surface area (Å²) in [5.74, 6) is 8.02. The number of benzene rings is 1. The van der Waals surface area contributed by atoms with Crippen LogP contribution in [0.5, 0.6) is 5.75 Å². The Morgan fingerprint density at radius 1 is 1.14 bits per heavy atom. The van der Waals surface area contributed by atoms with Crippen molar-refractivity contribution in [3.8, 4) is 18.1 Å². The largest absolute Gasteiger partial charge is 0.491 e. The summed E-state index contributed by atoms with van der Waals surface area (Å²) >= 11 is 0. The Kier molecular flexibility index (Phi) is 8.40. The van der Waals surface area contributed by atoms with Gasteiger partial charge >= 0.3 is 6.03 Å². The second kappa shape index (κ2) is 10.5. The summed E-state index contributed by atoms with van der Waals surface area (Å²) in [6, 6.07) is 6.41. The zero-order valence-electron chi connectivity index (χ0n) is 11.6. The highest BCUT2D eigenvalue weighted by molar-refractivity contribution is 5.88. The van der Waals surface area contributed by atoms with Gasteiger partial charge in [-0.25, -0.2) is 10.6 Å². The average molecular weight is 293 g/mol. The number of hydrogen-bond acceptors (Lipinski definition) is 5. The lowest BCUT2D eigenvalue weighted by molar-refractivity contribution is 0.0462. The molecule has 1 rings (SSSR count). The van der Waals surface area contributed by atoms with E-state index >= 15 is 0 Å². The first-order valence-corrected chi connectivity index (χ1v) is 6.35. The Morgan fingerprint density at radius 3 is 2.48 bits per heavy atom. The van der Waals surface area contributed by atoms with E-state index in [1.165, 1.54) is 0 Å². The van der Waals surface area contributed by atoms with Crippen molar-refractivity contribution in [1.29, 1.82) is 0 Å². The molecule has 0 fully saturated rings. The minimum Gasteiger partial charge on any atom is -0.491 e. The number of carbonyl (C=O) groups excluding carboxylic acids is 1. The highest BCUT2D eigenvalue weighted by atomic mass is 16.5. The van der Waals surface area contributed by atoms with Gasteiger partial charge in [0.25, 0.3) is 0 Å². The van der Waals surface area contributed by atoms with Crippen molar-refractivity contribution in [2.45, 2.75) is 0 Å². The van der Waals surface area contributed by atoms with E-state index in [1.54, 1.807) is 24.3 Å². The molecule has 0 aliphatic rings. The Hall–Kier alpha value is -2.27. The van der Waals surface area contributed by atoms with Crippen LogP contribution in [0.2, 0.25) is 0 Å². The molecule has 0 saturated heterocycles. The van der Waals surface area contributed by atoms with Gasteiger partial charge in [0, 0.05) is 5.69 Å². The molecule has 114 valence electrons. The number of hydrogen-bond donors (Lipinski definition) is 3. The number of amides is 2. The number of urea groups is 1. The third-order valence-electron chi connectivity index (χ3n) is 2.30. The molecule has 1 aromatic rings. The predicted octanol–water partition coefficient (Wildman–Crippen LogP) is 0.727. The van der Waals surface area contributed by atoms with Crippen molar-refractivity contribution >= 4 is 11.7 Å². The summed E-state index contributed by atoms with van der Waals surface area (Å²) in [7, 11) is 0. The van der Waals surface area contributed by atoms with E-state index in [0.717, 1.165) is 0 Å². The molecule has 0 saturated carbocycles. The molecule has 2 amide bonds. The number of ether oxygens (including phenoxy) is 3. The monoisotopic (exact) mass is 293 g/mol. The van der Waals surface area contributed by atoms with Gasteiger partial charge in [-0.3, -0.25) is 5.43 Å². The number of carbonyl (C=O) groups is 1. The van der Waals surface area contributed by atoms with Gasteiger partial charge in [0.1, 0.15) is 19.0 Å². The molecule has 7 nitrogen and oxygen atoms in total. The molecule has 0 spiro atoms. The molecule has 0 aromatic heterocycles. The lowest BCUT2D eigenvalue weighted by atomic mass is 10.3.